The molecule has 0 fully saturated rings. The largest absolute Gasteiger partial charge is 0.573 e. The predicted octanol–water partition coefficient (Wildman–Crippen LogP) is 4.57. The van der Waals surface area contributed by atoms with Crippen molar-refractivity contribution in [2.24, 2.45) is 0 Å². The number of nitrogens with one attached hydrogen (secondary N) is 2. The molecule has 3 aromatic heterocycles. The van der Waals surface area contributed by atoms with Crippen LogP contribution in [0.2, 0.25) is 0 Å². The van der Waals surface area contributed by atoms with Gasteiger partial charge in [0.2, 0.25) is 5.95 Å². The minimum Gasteiger partial charge on any atom is -0.406 e. The topological polar surface area (TPSA) is 124 Å². The number of carbonyl (C=O) groups excluding carboxylic acids is 2. The molecular formula is C24H23F3N6O3S. The zero-order valence-corrected chi connectivity index (χ0v) is 20.8. The van der Waals surface area contributed by atoms with Gasteiger partial charge >= 0.3 is 6.36 Å². The summed E-state index contributed by atoms with van der Waals surface area (Å²) < 4.78 is 42.4. The Kier molecular flexibility index (Phi) is 7.07. The number of hydrogen-bond donors (Lipinski definition) is 3. The van der Waals surface area contributed by atoms with Gasteiger partial charge in [-0.15, -0.1) is 29.6 Å². The summed E-state index contributed by atoms with van der Waals surface area (Å²) in [6.07, 6.45) is -3.11. The van der Waals surface area contributed by atoms with Crippen molar-refractivity contribution < 1.29 is 27.5 Å². The first kappa shape index (κ1) is 25.9. The highest BCUT2D eigenvalue weighted by Crippen LogP contribution is 2.29. The van der Waals surface area contributed by atoms with Gasteiger partial charge in [0.25, 0.3) is 11.8 Å². The highest BCUT2D eigenvalue weighted by molar-refractivity contribution is 7.12. The van der Waals surface area contributed by atoms with Crippen LogP contribution in [0.1, 0.15) is 52.4 Å². The maximum Gasteiger partial charge on any atom is 0.573 e. The van der Waals surface area contributed by atoms with Crippen LogP contribution >= 0.6 is 11.3 Å². The van der Waals surface area contributed by atoms with Gasteiger partial charge in [0.05, 0.1) is 16.5 Å². The van der Waals surface area contributed by atoms with Gasteiger partial charge < -0.3 is 21.1 Å². The Morgan fingerprint density at radius 1 is 1.05 bits per heavy atom. The second-order valence-corrected chi connectivity index (χ2v) is 9.43. The van der Waals surface area contributed by atoms with Crippen LogP contribution in [-0.4, -0.2) is 38.8 Å². The number of alkyl halides is 3. The number of aromatic nitrogens is 3. The average molecular weight is 533 g/mol. The van der Waals surface area contributed by atoms with E-state index in [2.05, 4.69) is 25.5 Å². The summed E-state index contributed by atoms with van der Waals surface area (Å²) in [7, 11) is 0. The lowest BCUT2D eigenvalue weighted by atomic mass is 10.1. The van der Waals surface area contributed by atoms with Crippen LogP contribution in [0.3, 0.4) is 0 Å². The van der Waals surface area contributed by atoms with Crippen molar-refractivity contribution in [2.75, 3.05) is 5.73 Å². The fraction of sp³-hybridized carbons (Fsp3) is 0.250. The van der Waals surface area contributed by atoms with Crippen LogP contribution in [0, 0.1) is 0 Å². The molecule has 4 aromatic rings. The van der Waals surface area contributed by atoms with Crippen LogP contribution in [0.25, 0.3) is 16.8 Å². The molecule has 0 radical (unpaired) electrons. The van der Waals surface area contributed by atoms with Gasteiger partial charge in [-0.05, 0) is 61.5 Å². The molecule has 0 aliphatic rings. The highest BCUT2D eigenvalue weighted by Gasteiger charge is 2.31. The zero-order valence-electron chi connectivity index (χ0n) is 20.0. The number of hydrogen-bond acceptors (Lipinski definition) is 7. The van der Waals surface area contributed by atoms with Gasteiger partial charge in [-0.25, -0.2) is 4.52 Å². The molecular weight excluding hydrogens is 509 g/mol. The zero-order chi connectivity index (χ0) is 26.9. The fourth-order valence-electron chi connectivity index (χ4n) is 3.58. The number of ether oxygens (including phenoxy) is 1. The molecule has 0 aliphatic heterocycles. The van der Waals surface area contributed by atoms with Crippen LogP contribution in [0.5, 0.6) is 5.75 Å². The SMILES string of the molecule is CC(C)NC(=O)c1cc(-c2csc(C(=O)N[C@@H](C)c3ccc(OC(F)(F)F)cc3)c2)cn2nc(N)nc12. The Bertz CT molecular complexity index is 1450. The number of rotatable bonds is 7. The summed E-state index contributed by atoms with van der Waals surface area (Å²) in [6, 6.07) is 8.06. The van der Waals surface area contributed by atoms with E-state index in [9.17, 15) is 22.8 Å². The third-order valence-electron chi connectivity index (χ3n) is 5.23. The first-order chi connectivity index (χ1) is 17.4. The van der Waals surface area contributed by atoms with Crippen LogP contribution in [0.4, 0.5) is 19.1 Å². The Balaban J connectivity index is 1.53. The first-order valence-corrected chi connectivity index (χ1v) is 12.0. The number of amides is 2. The number of benzene rings is 1. The Morgan fingerprint density at radius 3 is 2.41 bits per heavy atom. The maximum atomic E-state index is 12.9. The fourth-order valence-corrected chi connectivity index (χ4v) is 4.40. The lowest BCUT2D eigenvalue weighted by Crippen LogP contribution is -2.30. The van der Waals surface area contributed by atoms with Gasteiger partial charge in [-0.1, -0.05) is 12.1 Å². The molecule has 194 valence electrons. The lowest BCUT2D eigenvalue weighted by molar-refractivity contribution is -0.274. The molecule has 9 nitrogen and oxygen atoms in total. The van der Waals surface area contributed by atoms with E-state index in [0.29, 0.717) is 32.8 Å². The summed E-state index contributed by atoms with van der Waals surface area (Å²) in [5.74, 6) is -1.01. The number of carbonyl (C=O) groups is 2. The quantitative estimate of drug-likeness (QED) is 0.321. The minimum absolute atomic E-state index is 0.0214. The van der Waals surface area contributed by atoms with Crippen molar-refractivity contribution in [3.8, 4) is 16.9 Å². The number of pyridine rings is 1. The van der Waals surface area contributed by atoms with E-state index < -0.39 is 12.4 Å². The van der Waals surface area contributed by atoms with Gasteiger partial charge in [0, 0.05) is 17.8 Å². The third-order valence-corrected chi connectivity index (χ3v) is 6.16. The molecule has 37 heavy (non-hydrogen) atoms. The Morgan fingerprint density at radius 2 is 1.76 bits per heavy atom. The maximum absolute atomic E-state index is 12.9. The van der Waals surface area contributed by atoms with E-state index in [1.807, 2.05) is 13.8 Å². The summed E-state index contributed by atoms with van der Waals surface area (Å²) in [5.41, 5.74) is 8.27. The smallest absolute Gasteiger partial charge is 0.406 e. The molecule has 0 aliphatic carbocycles. The molecule has 4 rings (SSSR count). The predicted molar refractivity (Wildman–Crippen MR) is 132 cm³/mol. The number of nitrogen functional groups attached to an aromatic ring is 1. The van der Waals surface area contributed by atoms with E-state index in [0.717, 1.165) is 0 Å². The second kappa shape index (κ2) is 10.1. The van der Waals surface area contributed by atoms with Crippen molar-refractivity contribution >= 4 is 34.7 Å². The standard InChI is InChI=1S/C24H23F3N6O3S/c1-12(2)29-21(34)18-8-15(10-33-20(18)31-23(28)32-33)16-9-19(37-11-16)22(35)30-13(3)14-4-6-17(7-5-14)36-24(25,26)27/h4-13H,1-3H3,(H2,28,32)(H,29,34)(H,30,35)/t13-/m0/s1. The Hall–Kier alpha value is -4.13. The van der Waals surface area contributed by atoms with Crippen molar-refractivity contribution in [2.45, 2.75) is 39.2 Å². The number of thiophene rings is 1. The van der Waals surface area contributed by atoms with Gasteiger partial charge in [-0.3, -0.25) is 9.59 Å². The van der Waals surface area contributed by atoms with Crippen molar-refractivity contribution in [1.82, 2.24) is 25.2 Å². The number of fused-ring (bicyclic) bond motifs is 1. The van der Waals surface area contributed by atoms with Crippen LogP contribution in [-0.2, 0) is 0 Å². The molecule has 0 saturated heterocycles. The summed E-state index contributed by atoms with van der Waals surface area (Å²) in [6.45, 7) is 5.40. The number of halogens is 3. The summed E-state index contributed by atoms with van der Waals surface area (Å²) >= 11 is 1.21. The molecule has 2 amide bonds. The van der Waals surface area contributed by atoms with Crippen LogP contribution < -0.4 is 21.1 Å². The van der Waals surface area contributed by atoms with Crippen molar-refractivity contribution in [1.29, 1.82) is 0 Å². The van der Waals surface area contributed by atoms with E-state index in [1.54, 1.807) is 30.6 Å². The Labute approximate surface area is 213 Å². The van der Waals surface area contributed by atoms with E-state index in [4.69, 9.17) is 5.73 Å². The number of anilines is 1. The average Bonchev–Trinajstić information content (AvgIpc) is 3.43. The van der Waals surface area contributed by atoms with Gasteiger partial charge in [-0.2, -0.15) is 4.98 Å². The first-order valence-electron chi connectivity index (χ1n) is 11.1. The second-order valence-electron chi connectivity index (χ2n) is 8.52. The number of nitrogens with zero attached hydrogens (tertiary/aromatic N) is 3. The molecule has 13 heteroatoms. The summed E-state index contributed by atoms with van der Waals surface area (Å²) in [4.78, 5) is 30.2. The molecule has 0 saturated carbocycles. The minimum atomic E-state index is -4.78. The molecule has 1 aromatic carbocycles. The lowest BCUT2D eigenvalue weighted by Gasteiger charge is -2.15. The summed E-state index contributed by atoms with van der Waals surface area (Å²) in [5, 5.41) is 11.5. The molecule has 1 atom stereocenters. The molecule has 0 spiro atoms. The van der Waals surface area contributed by atoms with Gasteiger partial charge in [0.1, 0.15) is 5.75 Å². The van der Waals surface area contributed by atoms with E-state index in [1.165, 1.54) is 40.1 Å². The monoisotopic (exact) mass is 532 g/mol. The molecule has 3 heterocycles. The van der Waals surface area contributed by atoms with Crippen molar-refractivity contribution in [3.63, 3.8) is 0 Å². The van der Waals surface area contributed by atoms with Gasteiger partial charge in [0.15, 0.2) is 5.65 Å². The van der Waals surface area contributed by atoms with E-state index >= 15 is 0 Å². The van der Waals surface area contributed by atoms with Crippen LogP contribution in [0.15, 0.2) is 48.0 Å². The highest BCUT2D eigenvalue weighted by atomic mass is 32.1. The normalized spacial score (nSPS) is 12.5. The number of nitrogens with two attached hydrogens (primary N) is 1. The van der Waals surface area contributed by atoms with Crippen molar-refractivity contribution in [3.05, 3.63) is 64.0 Å². The molecule has 4 N–H and O–H groups in total. The molecule has 0 bridgehead atoms. The van der Waals surface area contributed by atoms with E-state index in [-0.39, 0.29) is 29.6 Å². The third kappa shape index (κ3) is 6.17. The molecule has 0 unspecified atom stereocenters.